The van der Waals surface area contributed by atoms with Crippen molar-refractivity contribution in [2.75, 3.05) is 26.4 Å². The Balaban J connectivity index is 2.45. The summed E-state index contributed by atoms with van der Waals surface area (Å²) in [4.78, 5) is 47.4. The van der Waals surface area contributed by atoms with Crippen LogP contribution in [0.4, 0.5) is 0 Å². The molecule has 0 bridgehead atoms. The lowest BCUT2D eigenvalue weighted by molar-refractivity contribution is -0.161. The van der Waals surface area contributed by atoms with Gasteiger partial charge in [-0.25, -0.2) is 4.57 Å². The normalized spacial score (nSPS) is 19.9. The first kappa shape index (κ1) is 49.1. The zero-order valence-electron chi connectivity index (χ0n) is 32.7. The van der Waals surface area contributed by atoms with Gasteiger partial charge in [-0.05, 0) is 32.1 Å². The van der Waals surface area contributed by atoms with Crippen LogP contribution in [0.5, 0.6) is 0 Å². The van der Waals surface area contributed by atoms with Crippen molar-refractivity contribution in [1.29, 1.82) is 0 Å². The van der Waals surface area contributed by atoms with Gasteiger partial charge < -0.3 is 30.3 Å². The molecule has 0 amide bonds. The molecule has 1 rings (SSSR count). The molecule has 0 aromatic rings. The van der Waals surface area contributed by atoms with E-state index >= 15 is 0 Å². The van der Waals surface area contributed by atoms with Gasteiger partial charge in [0.25, 0.3) is 0 Å². The summed E-state index contributed by atoms with van der Waals surface area (Å²) in [5, 5.41) is 20.6. The molecule has 12 nitrogen and oxygen atoms in total. The molecule has 1 saturated carbocycles. The highest BCUT2D eigenvalue weighted by molar-refractivity contribution is 7.47. The molecule has 1 fully saturated rings. The number of Topliss-reactive ketones (excluding diaryl/α,β-unsaturated/α-hetero) is 1. The van der Waals surface area contributed by atoms with Gasteiger partial charge in [0.05, 0.1) is 25.4 Å². The summed E-state index contributed by atoms with van der Waals surface area (Å²) in [6.07, 6.45) is 24.3. The van der Waals surface area contributed by atoms with Crippen molar-refractivity contribution >= 4 is 25.5 Å². The van der Waals surface area contributed by atoms with Gasteiger partial charge in [-0.15, -0.1) is 0 Å². The molecule has 0 radical (unpaired) electrons. The van der Waals surface area contributed by atoms with E-state index in [-0.39, 0.29) is 56.6 Å². The van der Waals surface area contributed by atoms with Crippen LogP contribution in [0, 0.1) is 11.8 Å². The predicted molar refractivity (Wildman–Crippen MR) is 207 cm³/mol. The number of carbonyl (C=O) groups is 3. The van der Waals surface area contributed by atoms with E-state index in [9.17, 15) is 34.1 Å². The molecule has 0 aromatic heterocycles. The second-order valence-corrected chi connectivity index (χ2v) is 15.7. The minimum Gasteiger partial charge on any atom is -0.462 e. The Kier molecular flexibility index (Phi) is 29.0. The number of hydrogen-bond donors (Lipinski definition) is 4. The fourth-order valence-corrected chi connectivity index (χ4v) is 7.09. The number of ketones is 1. The molecular formula is C40H72NO11P. The molecule has 0 heterocycles. The fraction of sp³-hybridized carbons (Fsp3) is 0.825. The number of phosphoric acid groups is 1. The molecule has 13 heteroatoms. The third-order valence-corrected chi connectivity index (χ3v) is 10.4. The van der Waals surface area contributed by atoms with Crippen molar-refractivity contribution < 1.29 is 52.6 Å². The van der Waals surface area contributed by atoms with Crippen LogP contribution in [0.15, 0.2) is 24.3 Å². The van der Waals surface area contributed by atoms with E-state index in [1.165, 1.54) is 51.4 Å². The van der Waals surface area contributed by atoms with Gasteiger partial charge in [0.1, 0.15) is 12.4 Å². The number of aliphatic hydroxyl groups excluding tert-OH is 2. The summed E-state index contributed by atoms with van der Waals surface area (Å²) >= 11 is 0. The number of carbonyl (C=O) groups excluding carboxylic acids is 3. The monoisotopic (exact) mass is 773 g/mol. The van der Waals surface area contributed by atoms with Crippen molar-refractivity contribution in [2.24, 2.45) is 17.6 Å². The van der Waals surface area contributed by atoms with Crippen molar-refractivity contribution in [3.8, 4) is 0 Å². The maximum absolute atomic E-state index is 12.6. The van der Waals surface area contributed by atoms with Gasteiger partial charge >= 0.3 is 19.8 Å². The highest BCUT2D eigenvalue weighted by Gasteiger charge is 2.39. The summed E-state index contributed by atoms with van der Waals surface area (Å²) in [6.45, 7) is 3.31. The van der Waals surface area contributed by atoms with Crippen LogP contribution in [-0.2, 0) is 37.5 Å². The molecule has 1 unspecified atom stereocenters. The number of phosphoric ester groups is 1. The molecule has 53 heavy (non-hydrogen) atoms. The average molecular weight is 774 g/mol. The van der Waals surface area contributed by atoms with Crippen LogP contribution >= 0.6 is 7.82 Å². The van der Waals surface area contributed by atoms with Crippen LogP contribution in [0.3, 0.4) is 0 Å². The zero-order valence-corrected chi connectivity index (χ0v) is 33.6. The number of allylic oxidation sites excluding steroid dienone is 2. The van der Waals surface area contributed by atoms with E-state index < -0.39 is 44.7 Å². The summed E-state index contributed by atoms with van der Waals surface area (Å²) in [6, 6.07) is 0. The van der Waals surface area contributed by atoms with Gasteiger partial charge in [0.15, 0.2) is 6.10 Å². The molecule has 0 spiro atoms. The summed E-state index contributed by atoms with van der Waals surface area (Å²) in [7, 11) is -4.43. The Hall–Kier alpha value is -1.92. The Morgan fingerprint density at radius 2 is 1.45 bits per heavy atom. The summed E-state index contributed by atoms with van der Waals surface area (Å²) < 4.78 is 32.6. The molecule has 0 aliphatic heterocycles. The van der Waals surface area contributed by atoms with Crippen molar-refractivity contribution in [2.45, 2.75) is 173 Å². The van der Waals surface area contributed by atoms with Crippen molar-refractivity contribution in [3.05, 3.63) is 24.3 Å². The lowest BCUT2D eigenvalue weighted by Crippen LogP contribution is -2.29. The fourth-order valence-electron chi connectivity index (χ4n) is 6.32. The zero-order chi connectivity index (χ0) is 39.2. The SMILES string of the molecule is CCCCCCCCCCCCCCC(=O)O[C@H](COC(=O)CCC/C=C\C[C@H]1C(=O)C[C@@H](O)[C@@H]1/C=C/[C@@H](O)CCCCC)COP(=O)(O)OCCN. The second kappa shape index (κ2) is 31.3. The molecule has 1 aliphatic rings. The first-order valence-electron chi connectivity index (χ1n) is 20.4. The number of hydrogen-bond acceptors (Lipinski definition) is 11. The van der Waals surface area contributed by atoms with Crippen LogP contribution < -0.4 is 5.73 Å². The van der Waals surface area contributed by atoms with E-state index in [1.807, 2.05) is 12.2 Å². The van der Waals surface area contributed by atoms with Crippen molar-refractivity contribution in [1.82, 2.24) is 0 Å². The summed E-state index contributed by atoms with van der Waals surface area (Å²) in [5.74, 6) is -1.73. The second-order valence-electron chi connectivity index (χ2n) is 14.3. The molecule has 0 saturated heterocycles. The Bertz CT molecular complexity index is 1080. The van der Waals surface area contributed by atoms with Gasteiger partial charge in [0.2, 0.25) is 0 Å². The minimum absolute atomic E-state index is 0.00216. The number of unbranched alkanes of at least 4 members (excludes halogenated alkanes) is 14. The number of ether oxygens (including phenoxy) is 2. The van der Waals surface area contributed by atoms with Crippen LogP contribution in [-0.4, -0.2) is 77.5 Å². The van der Waals surface area contributed by atoms with E-state index in [2.05, 4.69) is 13.8 Å². The van der Waals surface area contributed by atoms with Gasteiger partial charge in [0, 0.05) is 37.6 Å². The third kappa shape index (κ3) is 25.7. The topological polar surface area (TPSA) is 192 Å². The number of esters is 2. The Morgan fingerprint density at radius 1 is 0.849 bits per heavy atom. The van der Waals surface area contributed by atoms with Crippen LogP contribution in [0.25, 0.3) is 0 Å². The highest BCUT2D eigenvalue weighted by Crippen LogP contribution is 2.43. The van der Waals surface area contributed by atoms with Crippen LogP contribution in [0.2, 0.25) is 0 Å². The number of rotatable bonds is 34. The Labute approximate surface area is 319 Å². The number of aliphatic hydroxyl groups is 2. The molecule has 308 valence electrons. The largest absolute Gasteiger partial charge is 0.472 e. The maximum Gasteiger partial charge on any atom is 0.472 e. The van der Waals surface area contributed by atoms with Gasteiger partial charge in [-0.3, -0.25) is 23.4 Å². The number of nitrogens with two attached hydrogens (primary N) is 1. The third-order valence-electron chi connectivity index (χ3n) is 9.46. The van der Waals surface area contributed by atoms with E-state index in [1.54, 1.807) is 12.2 Å². The van der Waals surface area contributed by atoms with Gasteiger partial charge in [-0.2, -0.15) is 0 Å². The quantitative estimate of drug-likeness (QED) is 0.0215. The smallest absolute Gasteiger partial charge is 0.462 e. The van der Waals surface area contributed by atoms with E-state index in [0.717, 1.165) is 38.5 Å². The molecule has 0 aromatic carbocycles. The van der Waals surface area contributed by atoms with Crippen molar-refractivity contribution in [3.63, 3.8) is 0 Å². The summed E-state index contributed by atoms with van der Waals surface area (Å²) in [5.41, 5.74) is 5.33. The molecule has 5 N–H and O–H groups in total. The van der Waals surface area contributed by atoms with Gasteiger partial charge in [-0.1, -0.05) is 128 Å². The van der Waals surface area contributed by atoms with E-state index in [4.69, 9.17) is 24.3 Å². The first-order valence-corrected chi connectivity index (χ1v) is 21.9. The Morgan fingerprint density at radius 3 is 2.09 bits per heavy atom. The lowest BCUT2D eigenvalue weighted by Gasteiger charge is -2.19. The van der Waals surface area contributed by atoms with Crippen LogP contribution in [0.1, 0.15) is 155 Å². The predicted octanol–water partition coefficient (Wildman–Crippen LogP) is 7.81. The average Bonchev–Trinajstić information content (AvgIpc) is 3.40. The van der Waals surface area contributed by atoms with E-state index in [0.29, 0.717) is 32.1 Å². The minimum atomic E-state index is -4.43. The highest BCUT2D eigenvalue weighted by atomic mass is 31.2. The molecular weight excluding hydrogens is 701 g/mol. The first-order chi connectivity index (χ1) is 25.5. The maximum atomic E-state index is 12.6. The molecule has 1 aliphatic carbocycles. The molecule has 6 atom stereocenters. The lowest BCUT2D eigenvalue weighted by atomic mass is 9.90. The standard InChI is InChI=1S/C40H72NO11P/c1-3-5-7-8-9-10-11-12-13-14-15-21-25-40(46)52-34(32-51-53(47,48)50-29-28-41)31-49-39(45)24-20-17-16-19-23-35-36(38(44)30-37(35)43)27-26-33(42)22-18-6-4-2/h16,19,26-27,33-36,38,42,44H,3-15,17-18,20-25,28-32,41H2,1-2H3,(H,47,48)/b19-16-,27-26+/t33-,34+,35+,36+,38+/m0/s1.